The van der Waals surface area contributed by atoms with Crippen molar-refractivity contribution >= 4 is 5.78 Å². The molecule has 1 saturated heterocycles. The Hall–Kier alpha value is -1.35. The van der Waals surface area contributed by atoms with Crippen LogP contribution in [0.4, 0.5) is 0 Å². The number of nitrogens with zero attached hydrogens (tertiary/aromatic N) is 1. The summed E-state index contributed by atoms with van der Waals surface area (Å²) in [6, 6.07) is 5.98. The van der Waals surface area contributed by atoms with Crippen molar-refractivity contribution in [3.8, 4) is 5.75 Å². The summed E-state index contributed by atoms with van der Waals surface area (Å²) >= 11 is 0. The molecule has 0 spiro atoms. The van der Waals surface area contributed by atoms with Crippen molar-refractivity contribution in [2.75, 3.05) is 26.7 Å². The second-order valence-corrected chi connectivity index (χ2v) is 7.55. The Bertz CT molecular complexity index is 523. The maximum absolute atomic E-state index is 12.7. The van der Waals surface area contributed by atoms with Gasteiger partial charge in [-0.2, -0.15) is 0 Å². The number of Topliss-reactive ketones (excluding diaryl/α,β-unsaturated/α-hetero) is 1. The predicted molar refractivity (Wildman–Crippen MR) is 90.9 cm³/mol. The van der Waals surface area contributed by atoms with E-state index in [0.29, 0.717) is 17.9 Å². The lowest BCUT2D eigenvalue weighted by atomic mass is 9.85. The van der Waals surface area contributed by atoms with Crippen molar-refractivity contribution in [1.82, 2.24) is 4.90 Å². The molecule has 1 aliphatic rings. The average Bonchev–Trinajstić information content (AvgIpc) is 2.48. The van der Waals surface area contributed by atoms with Crippen LogP contribution in [0.3, 0.4) is 0 Å². The molecule has 0 saturated carbocycles. The zero-order valence-electron chi connectivity index (χ0n) is 14.6. The number of piperidine rings is 1. The van der Waals surface area contributed by atoms with E-state index in [1.807, 2.05) is 12.1 Å². The Labute approximate surface area is 134 Å². The van der Waals surface area contributed by atoms with E-state index in [2.05, 4.69) is 38.7 Å². The Morgan fingerprint density at radius 1 is 1.27 bits per heavy atom. The molecule has 0 bridgehead atoms. The Kier molecular flexibility index (Phi) is 5.28. The number of ether oxygens (including phenoxy) is 1. The maximum atomic E-state index is 12.7. The lowest BCUT2D eigenvalue weighted by Gasteiger charge is -2.29. The fraction of sp³-hybridized carbons (Fsp3) is 0.632. The summed E-state index contributed by atoms with van der Waals surface area (Å²) in [5.41, 5.74) is 1.92. The van der Waals surface area contributed by atoms with Crippen LogP contribution in [-0.4, -0.2) is 37.4 Å². The van der Waals surface area contributed by atoms with Crippen LogP contribution < -0.4 is 4.74 Å². The number of likely N-dealkylation sites (tertiary alicyclic amines) is 1. The third kappa shape index (κ3) is 4.10. The van der Waals surface area contributed by atoms with Gasteiger partial charge in [0.1, 0.15) is 5.75 Å². The third-order valence-corrected chi connectivity index (χ3v) is 4.61. The van der Waals surface area contributed by atoms with E-state index in [0.717, 1.165) is 19.0 Å². The van der Waals surface area contributed by atoms with Gasteiger partial charge >= 0.3 is 0 Å². The van der Waals surface area contributed by atoms with E-state index in [1.54, 1.807) is 7.11 Å². The summed E-state index contributed by atoms with van der Waals surface area (Å²) < 4.78 is 5.40. The quantitative estimate of drug-likeness (QED) is 0.790. The van der Waals surface area contributed by atoms with Crippen LogP contribution in [-0.2, 0) is 5.41 Å². The summed E-state index contributed by atoms with van der Waals surface area (Å²) in [5, 5.41) is 0. The van der Waals surface area contributed by atoms with Gasteiger partial charge in [-0.25, -0.2) is 0 Å². The van der Waals surface area contributed by atoms with Crippen LogP contribution in [0.15, 0.2) is 18.2 Å². The minimum Gasteiger partial charge on any atom is -0.496 e. The van der Waals surface area contributed by atoms with E-state index >= 15 is 0 Å². The molecule has 1 heterocycles. The number of carbonyl (C=O) groups is 1. The van der Waals surface area contributed by atoms with E-state index in [9.17, 15) is 4.79 Å². The monoisotopic (exact) mass is 303 g/mol. The molecule has 0 unspecified atom stereocenters. The number of rotatable bonds is 4. The summed E-state index contributed by atoms with van der Waals surface area (Å²) in [6.07, 6.45) is 2.37. The van der Waals surface area contributed by atoms with Crippen LogP contribution in [0.1, 0.15) is 56.5 Å². The first-order valence-electron chi connectivity index (χ1n) is 8.25. The number of hydrogen-bond donors (Lipinski definition) is 0. The number of methoxy groups -OCH3 is 1. The normalized spacial score (nSPS) is 17.5. The molecule has 122 valence electrons. The Morgan fingerprint density at radius 3 is 2.45 bits per heavy atom. The first-order valence-corrected chi connectivity index (χ1v) is 8.25. The van der Waals surface area contributed by atoms with Crippen LogP contribution in [0.5, 0.6) is 5.75 Å². The Morgan fingerprint density at radius 2 is 1.91 bits per heavy atom. The van der Waals surface area contributed by atoms with Crippen molar-refractivity contribution in [1.29, 1.82) is 0 Å². The molecule has 0 amide bonds. The van der Waals surface area contributed by atoms with Crippen LogP contribution in [0.2, 0.25) is 0 Å². The molecule has 1 aliphatic heterocycles. The molecular formula is C19H29NO2. The molecule has 3 heteroatoms. The van der Waals surface area contributed by atoms with Crippen molar-refractivity contribution < 1.29 is 9.53 Å². The van der Waals surface area contributed by atoms with Gasteiger partial charge in [0.25, 0.3) is 0 Å². The first kappa shape index (κ1) is 17.0. The molecule has 3 nitrogen and oxygen atoms in total. The van der Waals surface area contributed by atoms with Crippen LogP contribution in [0.25, 0.3) is 0 Å². The second kappa shape index (κ2) is 6.82. The SMILES string of the molecule is COc1ccc(C(C)(C)C)cc1C(=O)CN1CCC(C)CC1. The zero-order chi connectivity index (χ0) is 16.3. The summed E-state index contributed by atoms with van der Waals surface area (Å²) in [6.45, 7) is 11.3. The molecular weight excluding hydrogens is 274 g/mol. The average molecular weight is 303 g/mol. The number of hydrogen-bond acceptors (Lipinski definition) is 3. The van der Waals surface area contributed by atoms with Crippen molar-refractivity contribution in [2.24, 2.45) is 5.92 Å². The minimum absolute atomic E-state index is 0.0296. The highest BCUT2D eigenvalue weighted by molar-refractivity contribution is 6.00. The fourth-order valence-electron chi connectivity index (χ4n) is 2.90. The number of benzene rings is 1. The van der Waals surface area contributed by atoms with Crippen molar-refractivity contribution in [3.05, 3.63) is 29.3 Å². The van der Waals surface area contributed by atoms with Gasteiger partial charge in [-0.1, -0.05) is 33.8 Å². The lowest BCUT2D eigenvalue weighted by molar-refractivity contribution is 0.0896. The molecule has 0 radical (unpaired) electrons. The van der Waals surface area contributed by atoms with E-state index in [-0.39, 0.29) is 11.2 Å². The minimum atomic E-state index is 0.0296. The molecule has 2 rings (SSSR count). The zero-order valence-corrected chi connectivity index (χ0v) is 14.6. The highest BCUT2D eigenvalue weighted by atomic mass is 16.5. The molecule has 0 atom stereocenters. The smallest absolute Gasteiger partial charge is 0.180 e. The van der Waals surface area contributed by atoms with E-state index in [4.69, 9.17) is 4.74 Å². The largest absolute Gasteiger partial charge is 0.496 e. The van der Waals surface area contributed by atoms with E-state index in [1.165, 1.54) is 18.4 Å². The summed E-state index contributed by atoms with van der Waals surface area (Å²) in [4.78, 5) is 15.0. The third-order valence-electron chi connectivity index (χ3n) is 4.61. The van der Waals surface area contributed by atoms with Crippen molar-refractivity contribution in [3.63, 3.8) is 0 Å². The van der Waals surface area contributed by atoms with Gasteiger partial charge in [-0.15, -0.1) is 0 Å². The van der Waals surface area contributed by atoms with Gasteiger partial charge in [0.15, 0.2) is 5.78 Å². The highest BCUT2D eigenvalue weighted by Gasteiger charge is 2.22. The second-order valence-electron chi connectivity index (χ2n) is 7.55. The highest BCUT2D eigenvalue weighted by Crippen LogP contribution is 2.28. The number of carbonyl (C=O) groups excluding carboxylic acids is 1. The molecule has 0 N–H and O–H groups in total. The molecule has 0 aromatic heterocycles. The van der Waals surface area contributed by atoms with Gasteiger partial charge in [0.05, 0.1) is 19.2 Å². The standard InChI is InChI=1S/C19H29NO2/c1-14-8-10-20(11-9-14)13-17(21)16-12-15(19(2,3)4)6-7-18(16)22-5/h6-7,12,14H,8-11,13H2,1-5H3. The van der Waals surface area contributed by atoms with Gasteiger partial charge in [-0.05, 0) is 55.0 Å². The Balaban J connectivity index is 2.17. The first-order chi connectivity index (χ1) is 10.3. The predicted octanol–water partition coefficient (Wildman–Crippen LogP) is 3.91. The van der Waals surface area contributed by atoms with Crippen LogP contribution in [0, 0.1) is 5.92 Å². The summed E-state index contributed by atoms with van der Waals surface area (Å²) in [7, 11) is 1.63. The topological polar surface area (TPSA) is 29.5 Å². The molecule has 22 heavy (non-hydrogen) atoms. The van der Waals surface area contributed by atoms with Crippen LogP contribution >= 0.6 is 0 Å². The lowest BCUT2D eigenvalue weighted by Crippen LogP contribution is -2.37. The molecule has 0 aliphatic carbocycles. The number of ketones is 1. The molecule has 1 aromatic rings. The van der Waals surface area contributed by atoms with Gasteiger partial charge in [-0.3, -0.25) is 9.69 Å². The van der Waals surface area contributed by atoms with Gasteiger partial charge in [0, 0.05) is 0 Å². The van der Waals surface area contributed by atoms with E-state index < -0.39 is 0 Å². The summed E-state index contributed by atoms with van der Waals surface area (Å²) in [5.74, 6) is 1.63. The van der Waals surface area contributed by atoms with Gasteiger partial charge in [0.2, 0.25) is 0 Å². The maximum Gasteiger partial charge on any atom is 0.180 e. The fourth-order valence-corrected chi connectivity index (χ4v) is 2.90. The van der Waals surface area contributed by atoms with Gasteiger partial charge < -0.3 is 4.74 Å². The van der Waals surface area contributed by atoms with Crippen molar-refractivity contribution in [2.45, 2.75) is 46.0 Å². The molecule has 1 aromatic carbocycles. The molecule has 1 fully saturated rings.